The summed E-state index contributed by atoms with van der Waals surface area (Å²) in [6.07, 6.45) is 1.29. The van der Waals surface area contributed by atoms with Gasteiger partial charge in [-0.2, -0.15) is 0 Å². The van der Waals surface area contributed by atoms with Crippen LogP contribution in [0.25, 0.3) is 0 Å². The molecule has 0 aromatic heterocycles. The Hall–Kier alpha value is -0.740. The first kappa shape index (κ1) is 14.3. The highest BCUT2D eigenvalue weighted by Crippen LogP contribution is 2.24. The van der Waals surface area contributed by atoms with E-state index in [4.69, 9.17) is 16.3 Å². The van der Waals surface area contributed by atoms with Gasteiger partial charge in [0, 0.05) is 6.26 Å². The number of hydrogen-bond donors (Lipinski definition) is 0. The van der Waals surface area contributed by atoms with Gasteiger partial charge in [0.15, 0.2) is 0 Å². The lowest BCUT2D eigenvalue weighted by Crippen LogP contribution is -2.09. The minimum Gasteiger partial charge on any atom is -0.491 e. The Bertz CT molecular complexity index is 451. The topological polar surface area (TPSA) is 43.4 Å². The molecular formula is C12H17ClO3S. The molecule has 0 bridgehead atoms. The van der Waals surface area contributed by atoms with Gasteiger partial charge in [-0.15, -0.1) is 11.6 Å². The smallest absolute Gasteiger partial charge is 0.149 e. The molecule has 1 rings (SSSR count). The Morgan fingerprint density at radius 2 is 1.76 bits per heavy atom. The van der Waals surface area contributed by atoms with E-state index in [-0.39, 0.29) is 11.9 Å². The Labute approximate surface area is 108 Å². The molecule has 0 saturated carbocycles. The number of alkyl halides is 1. The summed E-state index contributed by atoms with van der Waals surface area (Å²) in [7, 11) is -3.06. The minimum atomic E-state index is -3.06. The molecule has 0 N–H and O–H groups in total. The zero-order chi connectivity index (χ0) is 13.1. The molecule has 17 heavy (non-hydrogen) atoms. The van der Waals surface area contributed by atoms with E-state index in [0.717, 1.165) is 11.3 Å². The van der Waals surface area contributed by atoms with Crippen LogP contribution >= 0.6 is 11.6 Å². The van der Waals surface area contributed by atoms with E-state index in [1.165, 1.54) is 6.26 Å². The second-order valence-electron chi connectivity index (χ2n) is 4.30. The van der Waals surface area contributed by atoms with Crippen LogP contribution in [0.1, 0.15) is 24.8 Å². The number of hydrogen-bond acceptors (Lipinski definition) is 3. The maximum absolute atomic E-state index is 11.1. The van der Waals surface area contributed by atoms with Crippen LogP contribution in [0.5, 0.6) is 5.75 Å². The third-order valence-corrected chi connectivity index (χ3v) is 3.59. The van der Waals surface area contributed by atoms with Crippen molar-refractivity contribution in [3.63, 3.8) is 0 Å². The first-order valence-electron chi connectivity index (χ1n) is 5.36. The predicted octanol–water partition coefficient (Wildman–Crippen LogP) is 2.80. The van der Waals surface area contributed by atoms with Crippen molar-refractivity contribution in [2.24, 2.45) is 0 Å². The Balaban J connectivity index is 2.73. The summed E-state index contributed by atoms with van der Waals surface area (Å²) in [5.74, 6) is 0.700. The van der Waals surface area contributed by atoms with Crippen LogP contribution in [0.15, 0.2) is 24.3 Å². The fraction of sp³-hybridized carbons (Fsp3) is 0.500. The first-order valence-corrected chi connectivity index (χ1v) is 7.86. The van der Waals surface area contributed by atoms with Gasteiger partial charge in [-0.25, -0.2) is 8.42 Å². The predicted molar refractivity (Wildman–Crippen MR) is 70.5 cm³/mol. The summed E-state index contributed by atoms with van der Waals surface area (Å²) in [6, 6.07) is 7.18. The van der Waals surface area contributed by atoms with Gasteiger partial charge in [0.25, 0.3) is 0 Å². The summed E-state index contributed by atoms with van der Waals surface area (Å²) in [4.78, 5) is 0. The molecule has 96 valence electrons. The summed E-state index contributed by atoms with van der Waals surface area (Å²) in [6.45, 7) is 3.89. The SMILES string of the molecule is CC(C)Oc1ccc(C(Cl)CS(C)(=O)=O)cc1. The summed E-state index contributed by atoms with van der Waals surface area (Å²) < 4.78 is 27.7. The maximum atomic E-state index is 11.1. The molecular weight excluding hydrogens is 260 g/mol. The number of rotatable bonds is 5. The van der Waals surface area contributed by atoms with Crippen molar-refractivity contribution in [3.05, 3.63) is 29.8 Å². The number of halogens is 1. The summed E-state index contributed by atoms with van der Waals surface area (Å²) in [5, 5.41) is -0.516. The molecule has 1 aromatic carbocycles. The van der Waals surface area contributed by atoms with Gasteiger partial charge in [-0.3, -0.25) is 0 Å². The van der Waals surface area contributed by atoms with E-state index in [1.807, 2.05) is 13.8 Å². The second kappa shape index (κ2) is 5.74. The van der Waals surface area contributed by atoms with Gasteiger partial charge >= 0.3 is 0 Å². The molecule has 0 heterocycles. The lowest BCUT2D eigenvalue weighted by molar-refractivity contribution is 0.242. The van der Waals surface area contributed by atoms with Crippen LogP contribution < -0.4 is 4.74 Å². The van der Waals surface area contributed by atoms with Crippen molar-refractivity contribution in [1.82, 2.24) is 0 Å². The number of benzene rings is 1. The van der Waals surface area contributed by atoms with E-state index in [2.05, 4.69) is 0 Å². The van der Waals surface area contributed by atoms with Crippen LogP contribution in [-0.2, 0) is 9.84 Å². The van der Waals surface area contributed by atoms with Crippen LogP contribution in [0.3, 0.4) is 0 Å². The van der Waals surface area contributed by atoms with Crippen molar-refractivity contribution in [3.8, 4) is 5.75 Å². The number of ether oxygens (including phenoxy) is 1. The first-order chi connectivity index (χ1) is 7.78. The van der Waals surface area contributed by atoms with Gasteiger partial charge in [-0.05, 0) is 31.5 Å². The molecule has 0 aliphatic carbocycles. The zero-order valence-electron chi connectivity index (χ0n) is 10.2. The van der Waals surface area contributed by atoms with E-state index < -0.39 is 15.2 Å². The monoisotopic (exact) mass is 276 g/mol. The van der Waals surface area contributed by atoms with Crippen LogP contribution in [-0.4, -0.2) is 26.5 Å². The van der Waals surface area contributed by atoms with Crippen molar-refractivity contribution in [2.75, 3.05) is 12.0 Å². The fourth-order valence-corrected chi connectivity index (χ4v) is 2.95. The molecule has 0 saturated heterocycles. The summed E-state index contributed by atoms with van der Waals surface area (Å²) >= 11 is 6.03. The van der Waals surface area contributed by atoms with Crippen molar-refractivity contribution in [2.45, 2.75) is 25.3 Å². The molecule has 0 radical (unpaired) electrons. The standard InChI is InChI=1S/C12H17ClO3S/c1-9(2)16-11-6-4-10(5-7-11)12(13)8-17(3,14)15/h4-7,9,12H,8H2,1-3H3. The molecule has 0 spiro atoms. The molecule has 1 aromatic rings. The van der Waals surface area contributed by atoms with Crippen LogP contribution in [0, 0.1) is 0 Å². The van der Waals surface area contributed by atoms with E-state index >= 15 is 0 Å². The third-order valence-electron chi connectivity index (χ3n) is 2.06. The average molecular weight is 277 g/mol. The Morgan fingerprint density at radius 1 is 1.24 bits per heavy atom. The highest BCUT2D eigenvalue weighted by atomic mass is 35.5. The van der Waals surface area contributed by atoms with E-state index in [1.54, 1.807) is 24.3 Å². The largest absolute Gasteiger partial charge is 0.491 e. The van der Waals surface area contributed by atoms with Gasteiger partial charge in [0.05, 0.1) is 17.2 Å². The van der Waals surface area contributed by atoms with Crippen molar-refractivity contribution in [1.29, 1.82) is 0 Å². The number of sulfone groups is 1. The normalized spacial score (nSPS) is 13.7. The molecule has 3 nitrogen and oxygen atoms in total. The van der Waals surface area contributed by atoms with Gasteiger partial charge in [0.2, 0.25) is 0 Å². The average Bonchev–Trinajstić information content (AvgIpc) is 2.15. The van der Waals surface area contributed by atoms with Crippen LogP contribution in [0.2, 0.25) is 0 Å². The minimum absolute atomic E-state index is 0.0566. The molecule has 5 heteroatoms. The molecule has 0 fully saturated rings. The van der Waals surface area contributed by atoms with Gasteiger partial charge in [-0.1, -0.05) is 12.1 Å². The lowest BCUT2D eigenvalue weighted by Gasteiger charge is -2.12. The second-order valence-corrected chi connectivity index (χ2v) is 7.01. The molecule has 1 atom stereocenters. The Kier molecular flexibility index (Phi) is 4.83. The van der Waals surface area contributed by atoms with Crippen LogP contribution in [0.4, 0.5) is 0 Å². The Morgan fingerprint density at radius 3 is 2.18 bits per heavy atom. The molecule has 1 unspecified atom stereocenters. The third kappa shape index (κ3) is 5.41. The molecule has 0 aliphatic rings. The van der Waals surface area contributed by atoms with Crippen molar-refractivity contribution >= 4 is 21.4 Å². The van der Waals surface area contributed by atoms with Gasteiger partial charge in [0.1, 0.15) is 15.6 Å². The zero-order valence-corrected chi connectivity index (χ0v) is 11.8. The fourth-order valence-electron chi connectivity index (χ4n) is 1.39. The summed E-state index contributed by atoms with van der Waals surface area (Å²) in [5.41, 5.74) is 0.785. The van der Waals surface area contributed by atoms with Gasteiger partial charge < -0.3 is 4.74 Å². The maximum Gasteiger partial charge on any atom is 0.149 e. The highest BCUT2D eigenvalue weighted by Gasteiger charge is 2.14. The highest BCUT2D eigenvalue weighted by molar-refractivity contribution is 7.90. The lowest BCUT2D eigenvalue weighted by atomic mass is 10.1. The molecule has 0 aliphatic heterocycles. The van der Waals surface area contributed by atoms with Crippen molar-refractivity contribution < 1.29 is 13.2 Å². The molecule has 0 amide bonds. The quantitative estimate of drug-likeness (QED) is 0.777. The van der Waals surface area contributed by atoms with E-state index in [0.29, 0.717) is 0 Å². The van der Waals surface area contributed by atoms with E-state index in [9.17, 15) is 8.42 Å².